The van der Waals surface area contributed by atoms with Crippen LogP contribution in [0.25, 0.3) is 0 Å². The fourth-order valence-corrected chi connectivity index (χ4v) is 0. The minimum atomic E-state index is -1.19. The third kappa shape index (κ3) is 36.7. The summed E-state index contributed by atoms with van der Waals surface area (Å²) < 4.78 is 0. The van der Waals surface area contributed by atoms with Crippen LogP contribution in [0.15, 0.2) is 13.2 Å². The van der Waals surface area contributed by atoms with Gasteiger partial charge in [0.05, 0.1) is 0 Å². The average Bonchev–Trinajstić information content (AvgIpc) is 1.73. The van der Waals surface area contributed by atoms with Crippen LogP contribution in [0.4, 0.5) is 0 Å². The van der Waals surface area contributed by atoms with Gasteiger partial charge in [-0.1, -0.05) is 0 Å². The van der Waals surface area contributed by atoms with Gasteiger partial charge in [-0.3, -0.25) is 0 Å². The van der Waals surface area contributed by atoms with Crippen molar-refractivity contribution in [1.29, 1.82) is 0 Å². The van der Waals surface area contributed by atoms with Gasteiger partial charge in [-0.05, 0) is 0 Å². The van der Waals surface area contributed by atoms with E-state index >= 15 is 0 Å². The van der Waals surface area contributed by atoms with Crippen LogP contribution >= 0.6 is 0 Å². The Morgan fingerprint density at radius 2 is 1.62 bits per heavy atom. The van der Waals surface area contributed by atoms with Crippen LogP contribution < -0.4 is 0 Å². The fraction of sp³-hybridized carbons (Fsp3) is 0.250. The standard InChI is InChI=1S/C2H4O3.C2H4.Zr/c3-1-2(4)5;1-2;/h3H,1H2,(H,4,5);1-2H2;. The molecule has 0 aliphatic carbocycles. The van der Waals surface area contributed by atoms with Crippen molar-refractivity contribution in [2.24, 2.45) is 0 Å². The zero-order chi connectivity index (χ0) is 6.28. The quantitative estimate of drug-likeness (QED) is 0.573. The summed E-state index contributed by atoms with van der Waals surface area (Å²) in [6.45, 7) is 5.22. The first-order valence-corrected chi connectivity index (χ1v) is 1.60. The van der Waals surface area contributed by atoms with E-state index in [1.807, 2.05) is 0 Å². The molecule has 0 radical (unpaired) electrons. The first-order valence-electron chi connectivity index (χ1n) is 1.60. The van der Waals surface area contributed by atoms with Crippen LogP contribution in [0, 0.1) is 0 Å². The smallest absolute Gasteiger partial charge is 0.329 e. The van der Waals surface area contributed by atoms with Gasteiger partial charge in [-0.15, -0.1) is 13.2 Å². The molecule has 0 heterocycles. The number of carboxylic acid groups (broad SMARTS) is 1. The van der Waals surface area contributed by atoms with Gasteiger partial charge >= 0.3 is 5.97 Å². The summed E-state index contributed by atoms with van der Waals surface area (Å²) in [5.74, 6) is -1.19. The number of carbonyl (C=O) groups is 1. The molecule has 46 valence electrons. The van der Waals surface area contributed by atoms with E-state index in [-0.39, 0.29) is 26.2 Å². The normalized spacial score (nSPS) is 5.12. The van der Waals surface area contributed by atoms with E-state index < -0.39 is 12.6 Å². The second-order valence-corrected chi connectivity index (χ2v) is 0.552. The number of aliphatic carboxylic acids is 1. The summed E-state index contributed by atoms with van der Waals surface area (Å²) in [6, 6.07) is 0. The van der Waals surface area contributed by atoms with Crippen molar-refractivity contribution < 1.29 is 41.2 Å². The summed E-state index contributed by atoms with van der Waals surface area (Å²) >= 11 is 0. The number of carboxylic acids is 1. The summed E-state index contributed by atoms with van der Waals surface area (Å²) in [6.07, 6.45) is 0. The Kier molecular flexibility index (Phi) is 30.9. The second kappa shape index (κ2) is 15.7. The zero-order valence-electron chi connectivity index (χ0n) is 4.42. The Morgan fingerprint density at radius 3 is 1.62 bits per heavy atom. The number of hydrogen-bond acceptors (Lipinski definition) is 2. The minimum Gasteiger partial charge on any atom is -0.480 e. The molecule has 0 fully saturated rings. The number of rotatable bonds is 1. The Labute approximate surface area is 67.1 Å². The molecule has 2 N–H and O–H groups in total. The number of aliphatic hydroxyl groups excluding tert-OH is 1. The minimum absolute atomic E-state index is 0. The Balaban J connectivity index is -0.0000000750. The predicted molar refractivity (Wildman–Crippen MR) is 26.0 cm³/mol. The van der Waals surface area contributed by atoms with Gasteiger partial charge in [0.15, 0.2) is 0 Å². The van der Waals surface area contributed by atoms with E-state index in [1.54, 1.807) is 0 Å². The van der Waals surface area contributed by atoms with Crippen LogP contribution in [0.2, 0.25) is 0 Å². The maximum atomic E-state index is 9.12. The molecular formula is C4H8O3Zr. The maximum Gasteiger partial charge on any atom is 0.329 e. The van der Waals surface area contributed by atoms with E-state index in [0.29, 0.717) is 0 Å². The van der Waals surface area contributed by atoms with Crippen molar-refractivity contribution in [1.82, 2.24) is 0 Å². The van der Waals surface area contributed by atoms with Crippen LogP contribution in [0.1, 0.15) is 0 Å². The van der Waals surface area contributed by atoms with Gasteiger partial charge in [0.25, 0.3) is 0 Å². The van der Waals surface area contributed by atoms with Gasteiger partial charge in [-0.2, -0.15) is 0 Å². The van der Waals surface area contributed by atoms with Crippen LogP contribution in [0.5, 0.6) is 0 Å². The molecule has 0 aromatic rings. The monoisotopic (exact) mass is 194 g/mol. The molecule has 0 rings (SSSR count). The predicted octanol–water partition coefficient (Wildman–Crippen LogP) is -0.137. The molecule has 0 aliphatic heterocycles. The van der Waals surface area contributed by atoms with Crippen molar-refractivity contribution >= 4 is 5.97 Å². The molecular weight excluding hydrogens is 187 g/mol. The van der Waals surface area contributed by atoms with Gasteiger partial charge in [-0.25, -0.2) is 4.79 Å². The summed E-state index contributed by atoms with van der Waals surface area (Å²) in [4.78, 5) is 9.12. The topological polar surface area (TPSA) is 57.5 Å². The van der Waals surface area contributed by atoms with Crippen LogP contribution in [-0.4, -0.2) is 22.8 Å². The number of aliphatic hydroxyl groups is 1. The first kappa shape index (κ1) is 15.7. The van der Waals surface area contributed by atoms with Crippen molar-refractivity contribution in [3.8, 4) is 0 Å². The molecule has 0 atom stereocenters. The third-order valence-corrected chi connectivity index (χ3v) is 0.135. The second-order valence-electron chi connectivity index (χ2n) is 0.552. The summed E-state index contributed by atoms with van der Waals surface area (Å²) in [7, 11) is 0. The first-order chi connectivity index (χ1) is 3.27. The van der Waals surface area contributed by atoms with E-state index in [2.05, 4.69) is 13.2 Å². The molecule has 0 bridgehead atoms. The Hall–Kier alpha value is 0.0531. The summed E-state index contributed by atoms with van der Waals surface area (Å²) in [5.41, 5.74) is 0. The molecule has 0 amide bonds. The zero-order valence-corrected chi connectivity index (χ0v) is 6.88. The molecule has 0 saturated heterocycles. The largest absolute Gasteiger partial charge is 0.480 e. The van der Waals surface area contributed by atoms with E-state index in [1.165, 1.54) is 0 Å². The number of hydrogen-bond donors (Lipinski definition) is 2. The SMILES string of the molecule is C=C.O=C(O)CO.[Zr]. The molecule has 8 heavy (non-hydrogen) atoms. The Bertz CT molecular complexity index is 55.2. The van der Waals surface area contributed by atoms with Crippen molar-refractivity contribution in [2.75, 3.05) is 6.61 Å². The van der Waals surface area contributed by atoms with Gasteiger partial charge in [0.2, 0.25) is 0 Å². The molecule has 3 nitrogen and oxygen atoms in total. The molecule has 0 aromatic carbocycles. The molecule has 0 spiro atoms. The molecule has 0 unspecified atom stereocenters. The maximum absolute atomic E-state index is 9.12. The molecule has 4 heteroatoms. The molecule has 0 saturated carbocycles. The van der Waals surface area contributed by atoms with Gasteiger partial charge in [0, 0.05) is 26.2 Å². The van der Waals surface area contributed by atoms with Gasteiger partial charge in [0.1, 0.15) is 6.61 Å². The van der Waals surface area contributed by atoms with Crippen LogP contribution in [0.3, 0.4) is 0 Å². The van der Waals surface area contributed by atoms with E-state index in [0.717, 1.165) is 0 Å². The fourth-order valence-electron chi connectivity index (χ4n) is 0. The van der Waals surface area contributed by atoms with Crippen LogP contribution in [-0.2, 0) is 31.0 Å². The van der Waals surface area contributed by atoms with Crippen molar-refractivity contribution in [3.05, 3.63) is 13.2 Å². The molecule has 0 aromatic heterocycles. The Morgan fingerprint density at radius 1 is 1.50 bits per heavy atom. The van der Waals surface area contributed by atoms with E-state index in [9.17, 15) is 0 Å². The molecule has 0 aliphatic rings. The average molecular weight is 195 g/mol. The van der Waals surface area contributed by atoms with Crippen molar-refractivity contribution in [2.45, 2.75) is 0 Å². The summed E-state index contributed by atoms with van der Waals surface area (Å²) in [5, 5.41) is 15.0. The van der Waals surface area contributed by atoms with Crippen molar-refractivity contribution in [3.63, 3.8) is 0 Å². The van der Waals surface area contributed by atoms with Gasteiger partial charge < -0.3 is 10.2 Å². The third-order valence-electron chi connectivity index (χ3n) is 0.135. The van der Waals surface area contributed by atoms with E-state index in [4.69, 9.17) is 15.0 Å².